The minimum Gasteiger partial charge on any atom is -0.507 e. The molecule has 2 N–H and O–H groups in total. The molecule has 0 radical (unpaired) electrons. The smallest absolute Gasteiger partial charge is 0.124 e. The quantitative estimate of drug-likeness (QED) is 0.864. The molecule has 19 heavy (non-hydrogen) atoms. The molecule has 0 saturated carbocycles. The third-order valence-corrected chi connectivity index (χ3v) is 3.09. The summed E-state index contributed by atoms with van der Waals surface area (Å²) in [6.07, 6.45) is 0. The summed E-state index contributed by atoms with van der Waals surface area (Å²) >= 11 is 0. The fourth-order valence-corrected chi connectivity index (χ4v) is 2.15. The van der Waals surface area contributed by atoms with Gasteiger partial charge in [0.1, 0.15) is 11.5 Å². The van der Waals surface area contributed by atoms with Crippen LogP contribution in [0.25, 0.3) is 0 Å². The van der Waals surface area contributed by atoms with Crippen molar-refractivity contribution in [3.05, 3.63) is 59.7 Å². The summed E-state index contributed by atoms with van der Waals surface area (Å²) in [5.74, 6) is 0.902. The zero-order chi connectivity index (χ0) is 13.7. The Balaban J connectivity index is 2.39. The molecular formula is C16H19NO2. The van der Waals surface area contributed by atoms with Crippen LogP contribution in [-0.2, 0) is 0 Å². The highest BCUT2D eigenvalue weighted by Gasteiger charge is 2.16. The molecule has 1 unspecified atom stereocenters. The van der Waals surface area contributed by atoms with Gasteiger partial charge in [0.25, 0.3) is 0 Å². The molecule has 3 heteroatoms. The van der Waals surface area contributed by atoms with Crippen molar-refractivity contribution in [2.75, 3.05) is 13.7 Å². The van der Waals surface area contributed by atoms with Crippen LogP contribution in [0.3, 0.4) is 0 Å². The average Bonchev–Trinajstić information content (AvgIpc) is 2.46. The third-order valence-electron chi connectivity index (χ3n) is 3.09. The first-order chi connectivity index (χ1) is 9.26. The Morgan fingerprint density at radius 1 is 1.16 bits per heavy atom. The van der Waals surface area contributed by atoms with Gasteiger partial charge in [0, 0.05) is 11.6 Å². The fraction of sp³-hybridized carbons (Fsp3) is 0.250. The first kappa shape index (κ1) is 13.4. The molecule has 0 aromatic heterocycles. The minimum atomic E-state index is -0.0166. The molecule has 3 nitrogen and oxygen atoms in total. The highest BCUT2D eigenvalue weighted by Crippen LogP contribution is 2.32. The van der Waals surface area contributed by atoms with Gasteiger partial charge < -0.3 is 15.2 Å². The van der Waals surface area contributed by atoms with Gasteiger partial charge in [-0.15, -0.1) is 0 Å². The molecule has 0 aliphatic carbocycles. The molecule has 0 heterocycles. The normalized spacial score (nSPS) is 12.1. The summed E-state index contributed by atoms with van der Waals surface area (Å²) in [6, 6.07) is 15.5. The molecule has 0 bridgehead atoms. The van der Waals surface area contributed by atoms with Crippen molar-refractivity contribution in [3.63, 3.8) is 0 Å². The van der Waals surface area contributed by atoms with Crippen molar-refractivity contribution < 1.29 is 9.84 Å². The van der Waals surface area contributed by atoms with Gasteiger partial charge in [0.2, 0.25) is 0 Å². The summed E-state index contributed by atoms with van der Waals surface area (Å²) in [7, 11) is 1.59. The number of nitrogens with one attached hydrogen (secondary N) is 1. The molecule has 0 aliphatic rings. The summed E-state index contributed by atoms with van der Waals surface area (Å²) in [6.45, 7) is 2.88. The third kappa shape index (κ3) is 3.06. The van der Waals surface area contributed by atoms with Gasteiger partial charge >= 0.3 is 0 Å². The monoisotopic (exact) mass is 257 g/mol. The molecule has 0 aliphatic heterocycles. The lowest BCUT2D eigenvalue weighted by atomic mass is 9.97. The second kappa shape index (κ2) is 6.25. The van der Waals surface area contributed by atoms with Crippen molar-refractivity contribution in [1.82, 2.24) is 5.32 Å². The number of aromatic hydroxyl groups is 1. The van der Waals surface area contributed by atoms with E-state index in [9.17, 15) is 5.11 Å². The molecule has 0 saturated heterocycles. The second-order valence-electron chi connectivity index (χ2n) is 4.33. The topological polar surface area (TPSA) is 41.5 Å². The summed E-state index contributed by atoms with van der Waals surface area (Å²) in [4.78, 5) is 0. The van der Waals surface area contributed by atoms with Gasteiger partial charge in [-0.05, 0) is 24.2 Å². The van der Waals surface area contributed by atoms with Crippen molar-refractivity contribution in [2.45, 2.75) is 13.0 Å². The molecule has 0 amide bonds. The van der Waals surface area contributed by atoms with Crippen LogP contribution in [0.5, 0.6) is 11.5 Å². The highest BCUT2D eigenvalue weighted by atomic mass is 16.5. The molecule has 100 valence electrons. The van der Waals surface area contributed by atoms with Gasteiger partial charge in [-0.3, -0.25) is 0 Å². The number of methoxy groups -OCH3 is 1. The van der Waals surface area contributed by atoms with Gasteiger partial charge in [-0.25, -0.2) is 0 Å². The number of phenols is 1. The van der Waals surface area contributed by atoms with E-state index in [0.29, 0.717) is 5.75 Å². The Morgan fingerprint density at radius 2 is 1.89 bits per heavy atom. The average molecular weight is 257 g/mol. The molecule has 2 aromatic rings. The Hall–Kier alpha value is -2.00. The molecule has 0 fully saturated rings. The van der Waals surface area contributed by atoms with E-state index in [0.717, 1.165) is 17.7 Å². The lowest BCUT2D eigenvalue weighted by Gasteiger charge is -2.20. The van der Waals surface area contributed by atoms with E-state index in [2.05, 4.69) is 24.4 Å². The van der Waals surface area contributed by atoms with E-state index in [4.69, 9.17) is 4.74 Å². The molecule has 2 aromatic carbocycles. The maximum Gasteiger partial charge on any atom is 0.124 e. The number of rotatable bonds is 5. The van der Waals surface area contributed by atoms with Crippen LogP contribution in [0.1, 0.15) is 24.1 Å². The van der Waals surface area contributed by atoms with Crippen LogP contribution in [0.4, 0.5) is 0 Å². The van der Waals surface area contributed by atoms with Crippen LogP contribution < -0.4 is 10.1 Å². The first-order valence-corrected chi connectivity index (χ1v) is 6.41. The van der Waals surface area contributed by atoms with Crippen molar-refractivity contribution in [2.24, 2.45) is 0 Å². The van der Waals surface area contributed by atoms with Gasteiger partial charge in [0.15, 0.2) is 0 Å². The second-order valence-corrected chi connectivity index (χ2v) is 4.33. The SMILES string of the molecule is CCNC(c1ccccc1)c1ccc(OC)cc1O. The number of ether oxygens (including phenoxy) is 1. The zero-order valence-electron chi connectivity index (χ0n) is 11.3. The lowest BCUT2D eigenvalue weighted by Crippen LogP contribution is -2.22. The van der Waals surface area contributed by atoms with E-state index in [-0.39, 0.29) is 11.8 Å². The summed E-state index contributed by atoms with van der Waals surface area (Å²) < 4.78 is 5.12. The number of benzene rings is 2. The molecular weight excluding hydrogens is 238 g/mol. The maximum atomic E-state index is 10.2. The Kier molecular flexibility index (Phi) is 4.42. The van der Waals surface area contributed by atoms with Crippen molar-refractivity contribution in [1.29, 1.82) is 0 Å². The standard InChI is InChI=1S/C16H19NO2/c1-3-17-16(12-7-5-4-6-8-12)14-10-9-13(19-2)11-15(14)18/h4-11,16-18H,3H2,1-2H3. The zero-order valence-corrected chi connectivity index (χ0v) is 11.3. The van der Waals surface area contributed by atoms with E-state index >= 15 is 0 Å². The minimum absolute atomic E-state index is 0.0166. The fourth-order valence-electron chi connectivity index (χ4n) is 2.15. The number of hydrogen-bond acceptors (Lipinski definition) is 3. The van der Waals surface area contributed by atoms with Crippen LogP contribution in [0, 0.1) is 0 Å². The van der Waals surface area contributed by atoms with E-state index in [1.165, 1.54) is 0 Å². The molecule has 1 atom stereocenters. The molecule has 0 spiro atoms. The number of phenolic OH excluding ortho intramolecular Hbond substituents is 1. The summed E-state index contributed by atoms with van der Waals surface area (Å²) in [5, 5.41) is 13.6. The van der Waals surface area contributed by atoms with Crippen LogP contribution in [-0.4, -0.2) is 18.8 Å². The molecule has 2 rings (SSSR count). The summed E-state index contributed by atoms with van der Waals surface area (Å²) in [5.41, 5.74) is 1.98. The maximum absolute atomic E-state index is 10.2. The van der Waals surface area contributed by atoms with Crippen molar-refractivity contribution in [3.8, 4) is 11.5 Å². The first-order valence-electron chi connectivity index (χ1n) is 6.41. The Labute approximate surface area is 113 Å². The predicted molar refractivity (Wildman–Crippen MR) is 76.6 cm³/mol. The van der Waals surface area contributed by atoms with Crippen LogP contribution in [0.15, 0.2) is 48.5 Å². The van der Waals surface area contributed by atoms with Gasteiger partial charge in [-0.1, -0.05) is 37.3 Å². The number of hydrogen-bond donors (Lipinski definition) is 2. The van der Waals surface area contributed by atoms with Gasteiger partial charge in [0.05, 0.1) is 13.2 Å². The lowest BCUT2D eigenvalue weighted by molar-refractivity contribution is 0.405. The van der Waals surface area contributed by atoms with Crippen LogP contribution >= 0.6 is 0 Å². The van der Waals surface area contributed by atoms with Crippen LogP contribution in [0.2, 0.25) is 0 Å². The van der Waals surface area contributed by atoms with Gasteiger partial charge in [-0.2, -0.15) is 0 Å². The van der Waals surface area contributed by atoms with E-state index < -0.39 is 0 Å². The van der Waals surface area contributed by atoms with Crippen molar-refractivity contribution >= 4 is 0 Å². The Morgan fingerprint density at radius 3 is 2.47 bits per heavy atom. The largest absolute Gasteiger partial charge is 0.507 e. The van der Waals surface area contributed by atoms with E-state index in [1.54, 1.807) is 13.2 Å². The highest BCUT2D eigenvalue weighted by molar-refractivity contribution is 5.45. The predicted octanol–water partition coefficient (Wildman–Crippen LogP) is 3.10. The Bertz CT molecular complexity index is 526. The van der Waals surface area contributed by atoms with E-state index in [1.807, 2.05) is 30.3 Å².